The van der Waals surface area contributed by atoms with Gasteiger partial charge >= 0.3 is 7.82 Å². The number of nitrogens with one attached hydrogen (secondary N) is 1. The number of hydrogen-bond donors (Lipinski definition) is 3. The molecular weight excluding hydrogens is 936 g/mol. The van der Waals surface area contributed by atoms with Crippen LogP contribution in [0.25, 0.3) is 0 Å². The van der Waals surface area contributed by atoms with Gasteiger partial charge in [0.25, 0.3) is 0 Å². The van der Waals surface area contributed by atoms with Crippen LogP contribution in [0.15, 0.2) is 72.9 Å². The van der Waals surface area contributed by atoms with Gasteiger partial charge in [0.05, 0.1) is 39.9 Å². The highest BCUT2D eigenvalue weighted by atomic mass is 31.2. The predicted octanol–water partition coefficient (Wildman–Crippen LogP) is 19.4. The number of carbonyl (C=O) groups excluding carboxylic acids is 1. The molecule has 0 aromatic carbocycles. The fourth-order valence-corrected chi connectivity index (χ4v) is 9.70. The number of amides is 1. The highest BCUT2D eigenvalue weighted by Gasteiger charge is 2.27. The highest BCUT2D eigenvalue weighted by Crippen LogP contribution is 2.43. The lowest BCUT2D eigenvalue weighted by atomic mass is 10.0. The molecule has 0 aromatic heterocycles. The minimum atomic E-state index is -4.37. The van der Waals surface area contributed by atoms with Crippen molar-refractivity contribution in [3.8, 4) is 0 Å². The zero-order valence-electron chi connectivity index (χ0n) is 49.3. The van der Waals surface area contributed by atoms with Crippen LogP contribution in [-0.2, 0) is 18.4 Å². The molecule has 3 atom stereocenters. The normalized spacial score (nSPS) is 14.3. The summed E-state index contributed by atoms with van der Waals surface area (Å²) in [6, 6.07) is -0.874. The number of unbranched alkanes of at least 4 members (excludes halogenated alkanes) is 34. The Balaban J connectivity index is 4.21. The van der Waals surface area contributed by atoms with Crippen LogP contribution in [0, 0.1) is 0 Å². The summed E-state index contributed by atoms with van der Waals surface area (Å²) >= 11 is 0. The van der Waals surface area contributed by atoms with Crippen LogP contribution in [0.1, 0.15) is 284 Å². The summed E-state index contributed by atoms with van der Waals surface area (Å²) in [5.41, 5.74) is 0. The first kappa shape index (κ1) is 71.9. The number of hydrogen-bond acceptors (Lipinski definition) is 5. The molecule has 1 amide bonds. The summed E-state index contributed by atoms with van der Waals surface area (Å²) in [6.07, 6.45) is 77.3. The van der Waals surface area contributed by atoms with Crippen molar-refractivity contribution in [3.05, 3.63) is 72.9 Å². The second-order valence-electron chi connectivity index (χ2n) is 22.4. The first-order valence-corrected chi connectivity index (χ1v) is 32.8. The molecule has 3 N–H and O–H groups in total. The van der Waals surface area contributed by atoms with Crippen LogP contribution in [0.4, 0.5) is 0 Å². The summed E-state index contributed by atoms with van der Waals surface area (Å²) in [4.78, 5) is 23.3. The average Bonchev–Trinajstić information content (AvgIpc) is 3.36. The van der Waals surface area contributed by atoms with E-state index in [4.69, 9.17) is 9.05 Å². The van der Waals surface area contributed by atoms with Crippen molar-refractivity contribution >= 4 is 13.7 Å². The average molecular weight is 1060 g/mol. The fourth-order valence-electron chi connectivity index (χ4n) is 8.96. The molecule has 0 aliphatic heterocycles. The first-order valence-electron chi connectivity index (χ1n) is 31.3. The van der Waals surface area contributed by atoms with Gasteiger partial charge < -0.3 is 19.8 Å². The molecule has 9 heteroatoms. The fraction of sp³-hybridized carbons (Fsp3) is 0.800. The Labute approximate surface area is 459 Å². The Hall–Kier alpha value is -2.06. The van der Waals surface area contributed by atoms with E-state index in [9.17, 15) is 19.4 Å². The lowest BCUT2D eigenvalue weighted by Gasteiger charge is -2.25. The molecule has 0 aliphatic rings. The van der Waals surface area contributed by atoms with E-state index >= 15 is 0 Å². The maximum absolute atomic E-state index is 13.0. The van der Waals surface area contributed by atoms with Crippen LogP contribution >= 0.6 is 7.82 Å². The topological polar surface area (TPSA) is 105 Å². The number of aliphatic hydroxyl groups excluding tert-OH is 1. The molecule has 0 fully saturated rings. The number of phosphoric acid groups is 1. The van der Waals surface area contributed by atoms with Gasteiger partial charge in [-0.1, -0.05) is 267 Å². The molecular formula is C65H122N2O6P+. The summed E-state index contributed by atoms with van der Waals surface area (Å²) in [6.45, 7) is 4.80. The molecule has 432 valence electrons. The summed E-state index contributed by atoms with van der Waals surface area (Å²) in [5.74, 6) is -0.191. The zero-order valence-corrected chi connectivity index (χ0v) is 50.2. The number of nitrogens with zero attached hydrogens (tertiary/aromatic N) is 1. The third kappa shape index (κ3) is 57.6. The van der Waals surface area contributed by atoms with Crippen LogP contribution in [-0.4, -0.2) is 73.4 Å². The molecule has 0 heterocycles. The van der Waals surface area contributed by atoms with Gasteiger partial charge in [-0.15, -0.1) is 0 Å². The van der Waals surface area contributed by atoms with E-state index in [1.165, 1.54) is 205 Å². The Morgan fingerprint density at radius 2 is 0.784 bits per heavy atom. The van der Waals surface area contributed by atoms with E-state index in [2.05, 4.69) is 79.9 Å². The quantitative estimate of drug-likeness (QED) is 0.0243. The van der Waals surface area contributed by atoms with E-state index in [0.717, 1.165) is 57.8 Å². The molecule has 0 saturated carbocycles. The summed E-state index contributed by atoms with van der Waals surface area (Å²) < 4.78 is 23.7. The minimum Gasteiger partial charge on any atom is -0.387 e. The van der Waals surface area contributed by atoms with Crippen LogP contribution in [0.5, 0.6) is 0 Å². The van der Waals surface area contributed by atoms with Gasteiger partial charge in [-0.25, -0.2) is 4.57 Å². The molecule has 3 unspecified atom stereocenters. The third-order valence-electron chi connectivity index (χ3n) is 13.9. The maximum atomic E-state index is 13.0. The van der Waals surface area contributed by atoms with Gasteiger partial charge in [0.1, 0.15) is 13.2 Å². The number of phosphoric ester groups is 1. The van der Waals surface area contributed by atoms with Crippen molar-refractivity contribution in [2.24, 2.45) is 0 Å². The molecule has 0 radical (unpaired) electrons. The number of aliphatic hydroxyl groups is 1. The number of carbonyl (C=O) groups is 1. The second kappa shape index (κ2) is 55.7. The smallest absolute Gasteiger partial charge is 0.387 e. The van der Waals surface area contributed by atoms with E-state index in [-0.39, 0.29) is 19.1 Å². The summed E-state index contributed by atoms with van der Waals surface area (Å²) in [7, 11) is 1.55. The van der Waals surface area contributed by atoms with Gasteiger partial charge in [0, 0.05) is 6.42 Å². The SMILES string of the molecule is CCCCCCC/C=C\C/C=C\C/C=C\CCCCCCCCCCCCCCCCC(=O)NC(COP(=O)(O)OCC[N+](C)(C)C)C(O)/C=C/CC/C=C/CC/C=C/CCCCCCCCCCCCCCC. The zero-order chi connectivity index (χ0) is 54.2. The Bertz CT molecular complexity index is 1430. The standard InChI is InChI=1S/C65H121N2O6P/c1-6-8-10-12-14-16-18-20-22-24-26-28-30-31-32-33-34-35-37-39-41-43-45-47-49-51-53-55-57-59-65(69)66-63(62-73-74(70,71)72-61-60-67(3,4)5)64(68)58-56-54-52-50-48-46-44-42-40-38-36-29-27-25-23-21-19-17-15-13-11-9-7-2/h18,20,24,26,30-31,40,42,48,50,56,58,63-64,68H,6-17,19,21-23,25,27-29,32-39,41,43-47,49,51-55,57,59-62H2,1-5H3,(H-,66,69,70,71)/p+1/b20-18-,26-24-,31-30-,42-40+,50-48+,58-56+. The van der Waals surface area contributed by atoms with Crippen LogP contribution in [0.2, 0.25) is 0 Å². The minimum absolute atomic E-state index is 0.0515. The maximum Gasteiger partial charge on any atom is 0.472 e. The monoisotopic (exact) mass is 1060 g/mol. The number of likely N-dealkylation sites (N-methyl/N-ethyl adjacent to an activating group) is 1. The van der Waals surface area contributed by atoms with Crippen LogP contribution in [0.3, 0.4) is 0 Å². The largest absolute Gasteiger partial charge is 0.472 e. The number of quaternary nitrogens is 1. The summed E-state index contributed by atoms with van der Waals surface area (Å²) in [5, 5.41) is 13.9. The second-order valence-corrected chi connectivity index (χ2v) is 23.9. The van der Waals surface area contributed by atoms with E-state index < -0.39 is 20.0 Å². The molecule has 8 nitrogen and oxygen atoms in total. The van der Waals surface area contributed by atoms with E-state index in [0.29, 0.717) is 17.4 Å². The number of rotatable bonds is 57. The Morgan fingerprint density at radius 1 is 0.459 bits per heavy atom. The highest BCUT2D eigenvalue weighted by molar-refractivity contribution is 7.47. The first-order chi connectivity index (χ1) is 36.0. The molecule has 74 heavy (non-hydrogen) atoms. The lowest BCUT2D eigenvalue weighted by Crippen LogP contribution is -2.45. The van der Waals surface area contributed by atoms with E-state index in [1.54, 1.807) is 6.08 Å². The molecule has 0 aromatic rings. The molecule has 0 spiro atoms. The molecule has 0 aliphatic carbocycles. The Morgan fingerprint density at radius 3 is 1.18 bits per heavy atom. The third-order valence-corrected chi connectivity index (χ3v) is 14.9. The van der Waals surface area contributed by atoms with Crippen molar-refractivity contribution < 1.29 is 32.9 Å². The van der Waals surface area contributed by atoms with Crippen molar-refractivity contribution in [1.82, 2.24) is 5.32 Å². The van der Waals surface area contributed by atoms with Gasteiger partial charge in [-0.2, -0.15) is 0 Å². The number of allylic oxidation sites excluding steroid dienone is 11. The van der Waals surface area contributed by atoms with E-state index in [1.807, 2.05) is 27.2 Å². The van der Waals surface area contributed by atoms with Gasteiger partial charge in [-0.3, -0.25) is 13.8 Å². The van der Waals surface area contributed by atoms with Crippen molar-refractivity contribution in [3.63, 3.8) is 0 Å². The lowest BCUT2D eigenvalue weighted by molar-refractivity contribution is -0.870. The van der Waals surface area contributed by atoms with Crippen molar-refractivity contribution in [2.75, 3.05) is 40.9 Å². The molecule has 0 rings (SSSR count). The molecule has 0 bridgehead atoms. The van der Waals surface area contributed by atoms with Crippen LogP contribution < -0.4 is 5.32 Å². The van der Waals surface area contributed by atoms with Gasteiger partial charge in [0.2, 0.25) is 5.91 Å². The predicted molar refractivity (Wildman–Crippen MR) is 323 cm³/mol. The van der Waals surface area contributed by atoms with Crippen molar-refractivity contribution in [2.45, 2.75) is 296 Å². The van der Waals surface area contributed by atoms with Gasteiger partial charge in [-0.05, 0) is 83.5 Å². The molecule has 0 saturated heterocycles. The van der Waals surface area contributed by atoms with Crippen molar-refractivity contribution in [1.29, 1.82) is 0 Å². The van der Waals surface area contributed by atoms with Gasteiger partial charge in [0.15, 0.2) is 0 Å². The Kier molecular flexibility index (Phi) is 54.1.